The molecule has 0 fully saturated rings. The first-order valence-corrected chi connectivity index (χ1v) is 2.81. The van der Waals surface area contributed by atoms with Gasteiger partial charge in [-0.3, -0.25) is 9.59 Å². The van der Waals surface area contributed by atoms with Gasteiger partial charge < -0.3 is 15.7 Å². The fourth-order valence-electron chi connectivity index (χ4n) is 0.454. The monoisotopic (exact) mass is 254 g/mol. The van der Waals surface area contributed by atoms with Crippen molar-refractivity contribution in [1.82, 2.24) is 0 Å². The van der Waals surface area contributed by atoms with Crippen molar-refractivity contribution < 1.29 is 25.3 Å². The van der Waals surface area contributed by atoms with E-state index >= 15 is 0 Å². The summed E-state index contributed by atoms with van der Waals surface area (Å²) in [5.41, 5.74) is -1.16. The van der Waals surface area contributed by atoms with E-state index in [0.29, 0.717) is 0 Å². The van der Waals surface area contributed by atoms with E-state index in [2.05, 4.69) is 0 Å². The summed E-state index contributed by atoms with van der Waals surface area (Å²) in [6.45, 7) is 2.76. The van der Waals surface area contributed by atoms with Crippen molar-refractivity contribution >= 4 is 57.4 Å². The van der Waals surface area contributed by atoms with Gasteiger partial charge in [0.05, 0.1) is 11.8 Å². The first-order valence-electron chi connectivity index (χ1n) is 2.81. The van der Waals surface area contributed by atoms with Crippen LogP contribution in [0.5, 0.6) is 0 Å². The molecule has 0 aromatic carbocycles. The molecule has 0 aliphatic carbocycles. The molecule has 0 heterocycles. The SMILES string of the molecule is CC(C)(CC(=O)O)C(=O)O.O.[SrH2]. The van der Waals surface area contributed by atoms with Crippen LogP contribution in [0.1, 0.15) is 20.3 Å². The van der Waals surface area contributed by atoms with Gasteiger partial charge in [-0.1, -0.05) is 0 Å². The normalized spacial score (nSPS) is 9.17. The first kappa shape index (κ1) is 18.2. The molecule has 0 aliphatic heterocycles. The molecular formula is C6H14O5Sr. The van der Waals surface area contributed by atoms with Crippen LogP contribution in [0.25, 0.3) is 0 Å². The van der Waals surface area contributed by atoms with E-state index in [1.165, 1.54) is 13.8 Å². The molecule has 0 aromatic heterocycles. The van der Waals surface area contributed by atoms with Gasteiger partial charge in [-0.2, -0.15) is 0 Å². The van der Waals surface area contributed by atoms with Crippen molar-refractivity contribution in [3.8, 4) is 0 Å². The van der Waals surface area contributed by atoms with Crippen LogP contribution >= 0.6 is 0 Å². The quantitative estimate of drug-likeness (QED) is 0.618. The molecule has 0 atom stereocenters. The Hall–Kier alpha value is 0.381. The summed E-state index contributed by atoms with van der Waals surface area (Å²) in [5, 5.41) is 16.7. The maximum absolute atomic E-state index is 10.3. The van der Waals surface area contributed by atoms with Gasteiger partial charge in [-0.15, -0.1) is 0 Å². The fourth-order valence-corrected chi connectivity index (χ4v) is 0.454. The molecule has 0 amide bonds. The van der Waals surface area contributed by atoms with Crippen LogP contribution in [0.15, 0.2) is 0 Å². The zero-order valence-electron chi connectivity index (χ0n) is 6.42. The van der Waals surface area contributed by atoms with Crippen molar-refractivity contribution in [2.45, 2.75) is 20.3 Å². The molecule has 4 N–H and O–H groups in total. The van der Waals surface area contributed by atoms with Gasteiger partial charge in [-0.05, 0) is 13.8 Å². The van der Waals surface area contributed by atoms with Gasteiger partial charge in [0.1, 0.15) is 0 Å². The third kappa shape index (κ3) is 7.05. The molecule has 0 radical (unpaired) electrons. The summed E-state index contributed by atoms with van der Waals surface area (Å²) in [5.74, 6) is -2.18. The maximum atomic E-state index is 10.3. The van der Waals surface area contributed by atoms with Crippen LogP contribution in [0.3, 0.4) is 0 Å². The Morgan fingerprint density at radius 3 is 1.67 bits per heavy atom. The van der Waals surface area contributed by atoms with Gasteiger partial charge in [0.25, 0.3) is 0 Å². The number of rotatable bonds is 3. The predicted octanol–water partition coefficient (Wildman–Crippen LogP) is -1.17. The second-order valence-electron chi connectivity index (χ2n) is 2.76. The zero-order valence-corrected chi connectivity index (χ0v) is 6.42. The Balaban J connectivity index is -0.000000405. The number of carbonyl (C=O) groups is 2. The number of carboxylic acid groups (broad SMARTS) is 2. The Kier molecular flexibility index (Phi) is 10.4. The van der Waals surface area contributed by atoms with Crippen molar-refractivity contribution in [3.05, 3.63) is 0 Å². The Labute approximate surface area is 107 Å². The summed E-state index contributed by atoms with van der Waals surface area (Å²) in [7, 11) is 0. The minimum atomic E-state index is -1.16. The number of hydrogen-bond donors (Lipinski definition) is 2. The van der Waals surface area contributed by atoms with Crippen LogP contribution in [0.4, 0.5) is 0 Å². The molecule has 0 aliphatic rings. The molecule has 70 valence electrons. The molecule has 0 unspecified atom stereocenters. The second kappa shape index (κ2) is 6.85. The molecule has 0 saturated carbocycles. The van der Waals surface area contributed by atoms with E-state index in [-0.39, 0.29) is 57.4 Å². The van der Waals surface area contributed by atoms with Gasteiger partial charge in [0.15, 0.2) is 0 Å². The molecule has 0 bridgehead atoms. The molecule has 6 heteroatoms. The minimum absolute atomic E-state index is 0. The Morgan fingerprint density at radius 2 is 1.58 bits per heavy atom. The molecule has 0 rings (SSSR count). The standard InChI is InChI=1S/C6H10O4.H2O.Sr.2H/c1-6(2,5(9)10)3-4(7)8;;;;/h3H2,1-2H3,(H,7,8)(H,9,10);1H2;;;. The average molecular weight is 254 g/mol. The van der Waals surface area contributed by atoms with E-state index in [1.807, 2.05) is 0 Å². The summed E-state index contributed by atoms with van der Waals surface area (Å²) in [6, 6.07) is 0. The Morgan fingerprint density at radius 1 is 1.25 bits per heavy atom. The van der Waals surface area contributed by atoms with Crippen molar-refractivity contribution in [2.24, 2.45) is 5.41 Å². The zero-order chi connectivity index (χ0) is 8.36. The number of aliphatic carboxylic acids is 2. The van der Waals surface area contributed by atoms with Gasteiger partial charge in [-0.25, -0.2) is 0 Å². The van der Waals surface area contributed by atoms with Crippen LogP contribution in [-0.2, 0) is 9.59 Å². The van der Waals surface area contributed by atoms with Crippen LogP contribution < -0.4 is 0 Å². The molecular weight excluding hydrogens is 240 g/mol. The molecule has 12 heavy (non-hydrogen) atoms. The van der Waals surface area contributed by atoms with E-state index in [9.17, 15) is 9.59 Å². The molecule has 5 nitrogen and oxygen atoms in total. The van der Waals surface area contributed by atoms with E-state index < -0.39 is 17.4 Å². The predicted molar refractivity (Wildman–Crippen MR) is 45.8 cm³/mol. The van der Waals surface area contributed by atoms with Crippen LogP contribution in [-0.4, -0.2) is 73.1 Å². The summed E-state index contributed by atoms with van der Waals surface area (Å²) < 4.78 is 0. The van der Waals surface area contributed by atoms with E-state index in [1.54, 1.807) is 0 Å². The topological polar surface area (TPSA) is 106 Å². The van der Waals surface area contributed by atoms with Crippen molar-refractivity contribution in [3.63, 3.8) is 0 Å². The Bertz CT molecular complexity index is 165. The van der Waals surface area contributed by atoms with Gasteiger partial charge in [0.2, 0.25) is 0 Å². The second-order valence-corrected chi connectivity index (χ2v) is 2.76. The third-order valence-corrected chi connectivity index (χ3v) is 1.17. The third-order valence-electron chi connectivity index (χ3n) is 1.17. The molecule has 0 spiro atoms. The summed E-state index contributed by atoms with van der Waals surface area (Å²) >= 11 is 0. The van der Waals surface area contributed by atoms with E-state index in [4.69, 9.17) is 10.2 Å². The first-order chi connectivity index (χ1) is 4.36. The van der Waals surface area contributed by atoms with E-state index in [0.717, 1.165) is 0 Å². The summed E-state index contributed by atoms with van der Waals surface area (Å²) in [6.07, 6.45) is -0.345. The van der Waals surface area contributed by atoms with Gasteiger partial charge in [0, 0.05) is 0 Å². The van der Waals surface area contributed by atoms with Crippen LogP contribution in [0.2, 0.25) is 0 Å². The van der Waals surface area contributed by atoms with Gasteiger partial charge >= 0.3 is 57.4 Å². The number of carboxylic acids is 2. The molecule has 0 aromatic rings. The van der Waals surface area contributed by atoms with Crippen LogP contribution in [0, 0.1) is 5.41 Å². The number of hydrogen-bond acceptors (Lipinski definition) is 2. The van der Waals surface area contributed by atoms with Crippen molar-refractivity contribution in [1.29, 1.82) is 0 Å². The molecule has 0 saturated heterocycles. The summed E-state index contributed by atoms with van der Waals surface area (Å²) in [4.78, 5) is 20.3. The van der Waals surface area contributed by atoms with Crippen molar-refractivity contribution in [2.75, 3.05) is 0 Å². The fraction of sp³-hybridized carbons (Fsp3) is 0.667. The average Bonchev–Trinajstić information content (AvgIpc) is 1.60.